The van der Waals surface area contributed by atoms with Crippen LogP contribution in [0.15, 0.2) is 75.1 Å². The molecule has 0 spiro atoms. The smallest absolute Gasteiger partial charge is 0.240 e. The normalized spacial score (nSPS) is 12.1. The van der Waals surface area contributed by atoms with Crippen LogP contribution >= 0.6 is 0 Å². The van der Waals surface area contributed by atoms with Gasteiger partial charge >= 0.3 is 0 Å². The maximum Gasteiger partial charge on any atom is 0.240 e. The fraction of sp³-hybridized carbons (Fsp3) is 0.0588. The van der Waals surface area contributed by atoms with Crippen LogP contribution in [0.25, 0.3) is 11.1 Å². The van der Waals surface area contributed by atoms with Crippen molar-refractivity contribution in [1.82, 2.24) is 0 Å². The Bertz CT molecular complexity index is 1160. The molecule has 10 heteroatoms. The van der Waals surface area contributed by atoms with E-state index >= 15 is 0 Å². The van der Waals surface area contributed by atoms with Gasteiger partial charge < -0.3 is 9.73 Å². The summed E-state index contributed by atoms with van der Waals surface area (Å²) < 4.78 is 53.4. The standard InChI is InChI=1S/C17H17N3O5S2/c18-26(21,22)16-10-17(27(19,23)24)15(20-11-13-7-4-8-25-13)9-14(16)12-5-2-1-3-6-12/h1-10,20H,11H2,(H2,18,21,22)(H2,19,23,24). The molecule has 0 atom stereocenters. The molecule has 3 rings (SSSR count). The van der Waals surface area contributed by atoms with Crippen LogP contribution in [0.3, 0.4) is 0 Å². The molecule has 0 aliphatic carbocycles. The molecule has 0 amide bonds. The first-order chi connectivity index (χ1) is 12.7. The van der Waals surface area contributed by atoms with Gasteiger partial charge in [-0.1, -0.05) is 30.3 Å². The lowest BCUT2D eigenvalue weighted by Crippen LogP contribution is -2.19. The summed E-state index contributed by atoms with van der Waals surface area (Å²) in [6, 6.07) is 14.4. The van der Waals surface area contributed by atoms with Gasteiger partial charge in [-0.3, -0.25) is 0 Å². The Morgan fingerprint density at radius 2 is 1.52 bits per heavy atom. The van der Waals surface area contributed by atoms with Crippen molar-refractivity contribution in [3.63, 3.8) is 0 Å². The van der Waals surface area contributed by atoms with Gasteiger partial charge in [-0.2, -0.15) is 0 Å². The molecule has 27 heavy (non-hydrogen) atoms. The zero-order valence-corrected chi connectivity index (χ0v) is 15.6. The molecular weight excluding hydrogens is 390 g/mol. The van der Waals surface area contributed by atoms with E-state index in [1.807, 2.05) is 0 Å². The summed E-state index contributed by atoms with van der Waals surface area (Å²) in [7, 11) is -8.42. The second kappa shape index (κ2) is 7.16. The van der Waals surface area contributed by atoms with Crippen LogP contribution in [0.5, 0.6) is 0 Å². The van der Waals surface area contributed by atoms with Crippen molar-refractivity contribution in [3.8, 4) is 11.1 Å². The van der Waals surface area contributed by atoms with Crippen molar-refractivity contribution in [3.05, 3.63) is 66.6 Å². The predicted molar refractivity (Wildman–Crippen MR) is 101 cm³/mol. The summed E-state index contributed by atoms with van der Waals surface area (Å²) >= 11 is 0. The Balaban J connectivity index is 2.21. The van der Waals surface area contributed by atoms with Gasteiger partial charge in [0.05, 0.1) is 23.4 Å². The molecule has 0 saturated carbocycles. The van der Waals surface area contributed by atoms with E-state index in [2.05, 4.69) is 5.32 Å². The SMILES string of the molecule is NS(=O)(=O)c1cc(S(N)(=O)=O)c(-c2ccccc2)cc1NCc1ccco1. The highest BCUT2D eigenvalue weighted by molar-refractivity contribution is 7.90. The number of anilines is 1. The molecule has 1 aromatic heterocycles. The Labute approximate surface area is 156 Å². The zero-order valence-electron chi connectivity index (χ0n) is 14.0. The number of benzene rings is 2. The van der Waals surface area contributed by atoms with Crippen LogP contribution < -0.4 is 15.6 Å². The second-order valence-electron chi connectivity index (χ2n) is 5.73. The first kappa shape index (κ1) is 19.1. The van der Waals surface area contributed by atoms with E-state index in [0.29, 0.717) is 11.3 Å². The number of nitrogens with one attached hydrogen (secondary N) is 1. The van der Waals surface area contributed by atoms with Crippen molar-refractivity contribution >= 4 is 25.7 Å². The molecule has 0 aliphatic heterocycles. The van der Waals surface area contributed by atoms with Gasteiger partial charge in [0, 0.05) is 5.56 Å². The number of sulfonamides is 2. The van der Waals surface area contributed by atoms with Crippen LogP contribution in [0, 0.1) is 0 Å². The van der Waals surface area contributed by atoms with Gasteiger partial charge in [-0.15, -0.1) is 0 Å². The molecule has 0 saturated heterocycles. The van der Waals surface area contributed by atoms with E-state index in [1.54, 1.807) is 42.5 Å². The van der Waals surface area contributed by atoms with Gasteiger partial charge in [0.25, 0.3) is 0 Å². The number of nitrogens with two attached hydrogens (primary N) is 2. The minimum absolute atomic E-state index is 0.139. The van der Waals surface area contributed by atoms with Crippen LogP contribution in [0.4, 0.5) is 5.69 Å². The minimum Gasteiger partial charge on any atom is -0.467 e. The minimum atomic E-state index is -4.22. The molecule has 3 aromatic rings. The summed E-state index contributed by atoms with van der Waals surface area (Å²) in [5.74, 6) is 0.562. The molecular formula is C17H17N3O5S2. The zero-order chi connectivity index (χ0) is 19.7. The van der Waals surface area contributed by atoms with Crippen LogP contribution in [-0.4, -0.2) is 16.8 Å². The molecule has 0 bridgehead atoms. The van der Waals surface area contributed by atoms with Crippen molar-refractivity contribution in [2.24, 2.45) is 10.3 Å². The first-order valence-electron chi connectivity index (χ1n) is 7.71. The molecule has 0 unspecified atom stereocenters. The molecule has 2 aromatic carbocycles. The van der Waals surface area contributed by atoms with Gasteiger partial charge in [0.2, 0.25) is 20.0 Å². The van der Waals surface area contributed by atoms with Crippen LogP contribution in [0.1, 0.15) is 5.76 Å². The molecule has 0 fully saturated rings. The van der Waals surface area contributed by atoms with Crippen molar-refractivity contribution < 1.29 is 21.3 Å². The molecule has 0 aliphatic rings. The number of rotatable bonds is 6. The fourth-order valence-corrected chi connectivity index (χ4v) is 4.17. The highest BCUT2D eigenvalue weighted by atomic mass is 32.2. The third-order valence-corrected chi connectivity index (χ3v) is 5.71. The lowest BCUT2D eigenvalue weighted by molar-refractivity contribution is 0.518. The van der Waals surface area contributed by atoms with Crippen molar-refractivity contribution in [2.45, 2.75) is 16.3 Å². The average Bonchev–Trinajstić information content (AvgIpc) is 3.12. The largest absolute Gasteiger partial charge is 0.467 e. The second-order valence-corrected chi connectivity index (χ2v) is 8.79. The predicted octanol–water partition coefficient (Wildman–Crippen LogP) is 1.85. The van der Waals surface area contributed by atoms with Crippen LogP contribution in [-0.2, 0) is 26.6 Å². The number of furan rings is 1. The topological polar surface area (TPSA) is 145 Å². The number of primary sulfonamides is 2. The summed E-state index contributed by atoms with van der Waals surface area (Å²) in [6.45, 7) is 0.179. The highest BCUT2D eigenvalue weighted by Gasteiger charge is 2.23. The van der Waals surface area contributed by atoms with E-state index in [1.165, 1.54) is 12.3 Å². The van der Waals surface area contributed by atoms with Gasteiger partial charge in [-0.05, 0) is 29.8 Å². The summed E-state index contributed by atoms with van der Waals surface area (Å²) in [4.78, 5) is -0.709. The van der Waals surface area contributed by atoms with Crippen molar-refractivity contribution in [1.29, 1.82) is 0 Å². The number of hydrogen-bond acceptors (Lipinski definition) is 6. The van der Waals surface area contributed by atoms with Gasteiger partial charge in [0.15, 0.2) is 0 Å². The van der Waals surface area contributed by atoms with Crippen molar-refractivity contribution in [2.75, 3.05) is 5.32 Å². The quantitative estimate of drug-likeness (QED) is 0.568. The van der Waals surface area contributed by atoms with E-state index in [0.717, 1.165) is 6.07 Å². The molecule has 1 heterocycles. The first-order valence-corrected chi connectivity index (χ1v) is 10.8. The maximum absolute atomic E-state index is 12.1. The van der Waals surface area contributed by atoms with E-state index in [-0.39, 0.29) is 27.6 Å². The Kier molecular flexibility index (Phi) is 5.07. The van der Waals surface area contributed by atoms with E-state index in [4.69, 9.17) is 14.7 Å². The van der Waals surface area contributed by atoms with E-state index < -0.39 is 20.0 Å². The summed E-state index contributed by atoms with van der Waals surface area (Å²) in [5.41, 5.74) is 0.955. The van der Waals surface area contributed by atoms with Gasteiger partial charge in [0.1, 0.15) is 10.7 Å². The van der Waals surface area contributed by atoms with E-state index in [9.17, 15) is 16.8 Å². The lowest BCUT2D eigenvalue weighted by Gasteiger charge is -2.16. The lowest BCUT2D eigenvalue weighted by atomic mass is 10.0. The van der Waals surface area contributed by atoms with Gasteiger partial charge in [-0.25, -0.2) is 27.1 Å². The molecule has 0 radical (unpaired) electrons. The maximum atomic E-state index is 12.1. The number of hydrogen-bond donors (Lipinski definition) is 3. The third kappa shape index (κ3) is 4.37. The summed E-state index contributed by atoms with van der Waals surface area (Å²) in [6.07, 6.45) is 1.48. The molecule has 8 nitrogen and oxygen atoms in total. The molecule has 142 valence electrons. The third-order valence-electron chi connectivity index (χ3n) is 3.81. The van der Waals surface area contributed by atoms with Crippen LogP contribution in [0.2, 0.25) is 0 Å². The Hall–Kier alpha value is -2.66. The Morgan fingerprint density at radius 1 is 0.852 bits per heavy atom. The summed E-state index contributed by atoms with van der Waals surface area (Å²) in [5, 5.41) is 13.5. The highest BCUT2D eigenvalue weighted by Crippen LogP contribution is 2.34. The Morgan fingerprint density at radius 3 is 2.07 bits per heavy atom. The monoisotopic (exact) mass is 407 g/mol. The average molecular weight is 407 g/mol. The fourth-order valence-electron chi connectivity index (χ4n) is 2.61. The molecule has 5 N–H and O–H groups in total.